The zero-order valence-electron chi connectivity index (χ0n) is 10.4. The minimum atomic E-state index is -0.861. The summed E-state index contributed by atoms with van der Waals surface area (Å²) in [4.78, 5) is 25.3. The SMILES string of the molecule is O=C(O)C1CCN(C(=O)c2cnsn2)c2ccccc21. The number of carbonyl (C=O) groups is 2. The van der Waals surface area contributed by atoms with Gasteiger partial charge >= 0.3 is 5.97 Å². The van der Waals surface area contributed by atoms with Gasteiger partial charge in [0.1, 0.15) is 0 Å². The molecule has 0 aliphatic carbocycles. The van der Waals surface area contributed by atoms with Crippen LogP contribution in [0.1, 0.15) is 28.4 Å². The summed E-state index contributed by atoms with van der Waals surface area (Å²) in [6.07, 6.45) is 1.83. The van der Waals surface area contributed by atoms with Crippen LogP contribution in [-0.2, 0) is 4.79 Å². The summed E-state index contributed by atoms with van der Waals surface area (Å²) in [7, 11) is 0. The predicted molar refractivity (Wildman–Crippen MR) is 73.0 cm³/mol. The molecule has 1 atom stereocenters. The zero-order chi connectivity index (χ0) is 14.1. The molecule has 20 heavy (non-hydrogen) atoms. The van der Waals surface area contributed by atoms with Gasteiger partial charge in [-0.05, 0) is 18.1 Å². The third-order valence-corrected chi connectivity index (χ3v) is 3.85. The number of aliphatic carboxylic acids is 1. The van der Waals surface area contributed by atoms with Crippen molar-refractivity contribution in [1.82, 2.24) is 8.75 Å². The van der Waals surface area contributed by atoms with Crippen molar-refractivity contribution < 1.29 is 14.7 Å². The van der Waals surface area contributed by atoms with Crippen molar-refractivity contribution in [1.29, 1.82) is 0 Å². The van der Waals surface area contributed by atoms with Crippen molar-refractivity contribution in [2.24, 2.45) is 0 Å². The lowest BCUT2D eigenvalue weighted by atomic mass is 9.90. The Balaban J connectivity index is 2.01. The molecule has 1 aliphatic rings. The van der Waals surface area contributed by atoms with Crippen molar-refractivity contribution >= 4 is 29.3 Å². The molecule has 0 bridgehead atoms. The second kappa shape index (κ2) is 5.01. The van der Waals surface area contributed by atoms with Crippen LogP contribution >= 0.6 is 11.7 Å². The number of anilines is 1. The van der Waals surface area contributed by atoms with Gasteiger partial charge in [0.25, 0.3) is 5.91 Å². The van der Waals surface area contributed by atoms with Gasteiger partial charge in [-0.15, -0.1) is 0 Å². The van der Waals surface area contributed by atoms with E-state index < -0.39 is 11.9 Å². The number of amides is 1. The molecular weight excluding hydrogens is 278 g/mol. The molecule has 0 radical (unpaired) electrons. The Morgan fingerprint density at radius 1 is 1.35 bits per heavy atom. The van der Waals surface area contributed by atoms with Gasteiger partial charge in [-0.2, -0.15) is 8.75 Å². The van der Waals surface area contributed by atoms with Gasteiger partial charge in [-0.25, -0.2) is 0 Å². The second-order valence-electron chi connectivity index (χ2n) is 4.49. The van der Waals surface area contributed by atoms with E-state index in [0.29, 0.717) is 29.9 Å². The number of aromatic nitrogens is 2. The molecule has 7 heteroatoms. The number of benzene rings is 1. The lowest BCUT2D eigenvalue weighted by Crippen LogP contribution is -2.38. The minimum absolute atomic E-state index is 0.241. The van der Waals surface area contributed by atoms with Crippen molar-refractivity contribution in [2.45, 2.75) is 12.3 Å². The molecule has 1 N–H and O–H groups in total. The highest BCUT2D eigenvalue weighted by atomic mass is 32.1. The van der Waals surface area contributed by atoms with E-state index in [1.165, 1.54) is 6.20 Å². The summed E-state index contributed by atoms with van der Waals surface area (Å²) >= 11 is 0.977. The smallest absolute Gasteiger partial charge is 0.311 e. The third kappa shape index (κ3) is 2.05. The average Bonchev–Trinajstić information content (AvgIpc) is 2.99. The van der Waals surface area contributed by atoms with E-state index in [0.717, 1.165) is 11.7 Å². The van der Waals surface area contributed by atoms with Crippen LogP contribution in [0.15, 0.2) is 30.5 Å². The van der Waals surface area contributed by atoms with E-state index >= 15 is 0 Å². The summed E-state index contributed by atoms with van der Waals surface area (Å²) in [5.41, 5.74) is 1.60. The molecule has 0 saturated carbocycles. The molecule has 0 fully saturated rings. The number of hydrogen-bond donors (Lipinski definition) is 1. The summed E-state index contributed by atoms with van der Waals surface area (Å²) in [5.74, 6) is -1.67. The first-order valence-corrected chi connectivity index (χ1v) is 6.82. The number of hydrogen-bond acceptors (Lipinski definition) is 5. The van der Waals surface area contributed by atoms with Crippen LogP contribution in [0.5, 0.6) is 0 Å². The quantitative estimate of drug-likeness (QED) is 0.910. The summed E-state index contributed by atoms with van der Waals surface area (Å²) in [6.45, 7) is 0.365. The fourth-order valence-electron chi connectivity index (χ4n) is 2.43. The highest BCUT2D eigenvalue weighted by Crippen LogP contribution is 2.35. The molecule has 0 saturated heterocycles. The van der Waals surface area contributed by atoms with Crippen LogP contribution in [0.4, 0.5) is 5.69 Å². The molecule has 102 valence electrons. The number of carbonyl (C=O) groups excluding carboxylic acids is 1. The van der Waals surface area contributed by atoms with Crippen LogP contribution in [-0.4, -0.2) is 32.3 Å². The number of para-hydroxylation sites is 1. The number of nitrogens with zero attached hydrogens (tertiary/aromatic N) is 3. The largest absolute Gasteiger partial charge is 0.481 e. The topological polar surface area (TPSA) is 83.4 Å². The molecule has 1 aliphatic heterocycles. The van der Waals surface area contributed by atoms with Crippen molar-refractivity contribution in [3.63, 3.8) is 0 Å². The van der Waals surface area contributed by atoms with E-state index in [4.69, 9.17) is 0 Å². The second-order valence-corrected chi connectivity index (χ2v) is 5.04. The Kier molecular flexibility index (Phi) is 3.19. The Hall–Kier alpha value is -2.28. The first kappa shape index (κ1) is 12.7. The molecule has 6 nitrogen and oxygen atoms in total. The van der Waals surface area contributed by atoms with E-state index in [2.05, 4.69) is 8.75 Å². The van der Waals surface area contributed by atoms with Crippen molar-refractivity contribution in [3.8, 4) is 0 Å². The number of fused-ring (bicyclic) bond motifs is 1. The molecular formula is C13H11N3O3S. The standard InChI is InChI=1S/C13H11N3O3S/c17-12(10-7-14-20-15-10)16-6-5-9(13(18)19)8-3-1-2-4-11(8)16/h1-4,7,9H,5-6H2,(H,18,19). The first-order valence-electron chi connectivity index (χ1n) is 6.09. The molecule has 3 rings (SSSR count). The fraction of sp³-hybridized carbons (Fsp3) is 0.231. The van der Waals surface area contributed by atoms with Crippen LogP contribution in [0.3, 0.4) is 0 Å². The van der Waals surface area contributed by atoms with Crippen LogP contribution < -0.4 is 4.90 Å². The molecule has 0 spiro atoms. The van der Waals surface area contributed by atoms with Gasteiger partial charge in [-0.3, -0.25) is 9.59 Å². The van der Waals surface area contributed by atoms with Crippen LogP contribution in [0, 0.1) is 0 Å². The number of rotatable bonds is 2. The highest BCUT2D eigenvalue weighted by Gasteiger charge is 2.33. The normalized spacial score (nSPS) is 17.6. The van der Waals surface area contributed by atoms with Crippen molar-refractivity contribution in [3.05, 3.63) is 41.7 Å². The molecule has 1 unspecified atom stereocenters. The Bertz CT molecular complexity index is 657. The number of carboxylic acids is 1. The fourth-order valence-corrected chi connectivity index (χ4v) is 2.83. The van der Waals surface area contributed by atoms with Gasteiger partial charge in [0.15, 0.2) is 5.69 Å². The predicted octanol–water partition coefficient (Wildman–Crippen LogP) is 1.76. The van der Waals surface area contributed by atoms with Gasteiger partial charge in [0.05, 0.1) is 23.8 Å². The van der Waals surface area contributed by atoms with E-state index in [-0.39, 0.29) is 5.91 Å². The third-order valence-electron chi connectivity index (χ3n) is 3.37. The van der Waals surface area contributed by atoms with Crippen molar-refractivity contribution in [2.75, 3.05) is 11.4 Å². The van der Waals surface area contributed by atoms with E-state index in [1.54, 1.807) is 29.2 Å². The van der Waals surface area contributed by atoms with Gasteiger partial charge in [-0.1, -0.05) is 18.2 Å². The average molecular weight is 289 g/mol. The monoisotopic (exact) mass is 289 g/mol. The Morgan fingerprint density at radius 3 is 2.85 bits per heavy atom. The van der Waals surface area contributed by atoms with Crippen LogP contribution in [0.2, 0.25) is 0 Å². The first-order chi connectivity index (χ1) is 9.68. The maximum absolute atomic E-state index is 12.4. The van der Waals surface area contributed by atoms with Gasteiger partial charge in [0.2, 0.25) is 0 Å². The summed E-state index contributed by atoms with van der Waals surface area (Å²) in [5, 5.41) is 9.27. The minimum Gasteiger partial charge on any atom is -0.481 e. The zero-order valence-corrected chi connectivity index (χ0v) is 11.2. The molecule has 2 heterocycles. The molecule has 1 aromatic heterocycles. The van der Waals surface area contributed by atoms with E-state index in [1.807, 2.05) is 0 Å². The molecule has 1 amide bonds. The number of carboxylic acid groups (broad SMARTS) is 1. The molecule has 2 aromatic rings. The summed E-state index contributed by atoms with van der Waals surface area (Å²) in [6, 6.07) is 7.10. The Morgan fingerprint density at radius 2 is 2.15 bits per heavy atom. The Labute approximate surface area is 119 Å². The summed E-state index contributed by atoms with van der Waals surface area (Å²) < 4.78 is 7.77. The molecule has 1 aromatic carbocycles. The van der Waals surface area contributed by atoms with E-state index in [9.17, 15) is 14.7 Å². The lowest BCUT2D eigenvalue weighted by Gasteiger charge is -2.32. The lowest BCUT2D eigenvalue weighted by molar-refractivity contribution is -0.139. The maximum Gasteiger partial charge on any atom is 0.311 e. The van der Waals surface area contributed by atoms with Gasteiger partial charge in [0, 0.05) is 12.2 Å². The van der Waals surface area contributed by atoms with Gasteiger partial charge < -0.3 is 10.0 Å². The maximum atomic E-state index is 12.4. The van der Waals surface area contributed by atoms with Crippen LogP contribution in [0.25, 0.3) is 0 Å². The highest BCUT2D eigenvalue weighted by molar-refractivity contribution is 6.99.